The number of aliphatic imine (C=N–C) groups is 1. The lowest BCUT2D eigenvalue weighted by atomic mass is 10.0. The predicted octanol–water partition coefficient (Wildman–Crippen LogP) is 1.56. The average Bonchev–Trinajstić information content (AvgIpc) is 3.04. The summed E-state index contributed by atoms with van der Waals surface area (Å²) in [5.41, 5.74) is 0.799. The number of amides is 1. The van der Waals surface area contributed by atoms with Crippen molar-refractivity contribution in [3.63, 3.8) is 0 Å². The molecule has 1 unspecified atom stereocenters. The van der Waals surface area contributed by atoms with Gasteiger partial charge in [-0.05, 0) is 31.4 Å². The van der Waals surface area contributed by atoms with Gasteiger partial charge in [-0.1, -0.05) is 19.9 Å². The van der Waals surface area contributed by atoms with Gasteiger partial charge < -0.3 is 20.7 Å². The number of nitrogens with one attached hydrogen (secondary N) is 3. The van der Waals surface area contributed by atoms with E-state index in [0.29, 0.717) is 31.6 Å². The lowest BCUT2D eigenvalue weighted by Gasteiger charge is -2.22. The van der Waals surface area contributed by atoms with E-state index in [9.17, 15) is 4.79 Å². The van der Waals surface area contributed by atoms with Gasteiger partial charge in [-0.25, -0.2) is 4.79 Å². The van der Waals surface area contributed by atoms with Crippen LogP contribution in [0, 0.1) is 5.92 Å². The Morgan fingerprint density at radius 2 is 2.11 bits per heavy atom. The van der Waals surface area contributed by atoms with Crippen LogP contribution in [0.1, 0.15) is 33.0 Å². The maximum Gasteiger partial charge on any atom is 0.407 e. The Hall–Kier alpha value is -2.84. The number of pyridine rings is 1. The van der Waals surface area contributed by atoms with Gasteiger partial charge in [-0.3, -0.25) is 9.39 Å². The Labute approximate surface area is 159 Å². The number of rotatable bonds is 8. The first kappa shape index (κ1) is 20.5. The SMILES string of the molecule is CCOC(=O)NC(CNC(=NC)NCc1nnc2ccccn12)CC(C)C. The zero-order valence-corrected chi connectivity index (χ0v) is 16.4. The van der Waals surface area contributed by atoms with Gasteiger partial charge in [0.2, 0.25) is 0 Å². The van der Waals surface area contributed by atoms with Crippen LogP contribution in [0.2, 0.25) is 0 Å². The van der Waals surface area contributed by atoms with E-state index in [1.165, 1.54) is 0 Å². The van der Waals surface area contributed by atoms with Crippen molar-refractivity contribution in [2.24, 2.45) is 10.9 Å². The molecule has 0 fully saturated rings. The number of carbonyl (C=O) groups is 1. The molecule has 27 heavy (non-hydrogen) atoms. The molecule has 0 aliphatic rings. The molecule has 9 heteroatoms. The predicted molar refractivity (Wildman–Crippen MR) is 105 cm³/mol. The van der Waals surface area contributed by atoms with E-state index < -0.39 is 6.09 Å². The summed E-state index contributed by atoms with van der Waals surface area (Å²) in [6, 6.07) is 5.70. The molecule has 0 bridgehead atoms. The second-order valence-electron chi connectivity index (χ2n) is 6.54. The fourth-order valence-corrected chi connectivity index (χ4v) is 2.72. The van der Waals surface area contributed by atoms with Crippen molar-refractivity contribution in [3.05, 3.63) is 30.2 Å². The van der Waals surface area contributed by atoms with Gasteiger partial charge in [0.15, 0.2) is 17.4 Å². The van der Waals surface area contributed by atoms with E-state index in [-0.39, 0.29) is 6.04 Å². The van der Waals surface area contributed by atoms with Gasteiger partial charge in [-0.2, -0.15) is 0 Å². The summed E-state index contributed by atoms with van der Waals surface area (Å²) in [7, 11) is 1.70. The van der Waals surface area contributed by atoms with Gasteiger partial charge >= 0.3 is 6.09 Å². The van der Waals surface area contributed by atoms with Crippen LogP contribution in [0.15, 0.2) is 29.4 Å². The molecule has 0 aliphatic heterocycles. The fraction of sp³-hybridized carbons (Fsp3) is 0.556. The van der Waals surface area contributed by atoms with Crippen LogP contribution in [-0.2, 0) is 11.3 Å². The third-order valence-corrected chi connectivity index (χ3v) is 3.89. The minimum absolute atomic E-state index is 0.0588. The van der Waals surface area contributed by atoms with Gasteiger partial charge in [-0.15, -0.1) is 10.2 Å². The van der Waals surface area contributed by atoms with Gasteiger partial charge in [0.1, 0.15) is 0 Å². The number of hydrogen-bond donors (Lipinski definition) is 3. The highest BCUT2D eigenvalue weighted by atomic mass is 16.5. The molecule has 2 rings (SSSR count). The molecule has 2 aromatic heterocycles. The summed E-state index contributed by atoms with van der Waals surface area (Å²) in [5, 5.41) is 17.7. The number of carbonyl (C=O) groups excluding carboxylic acids is 1. The van der Waals surface area contributed by atoms with Crippen LogP contribution in [0.4, 0.5) is 4.79 Å². The largest absolute Gasteiger partial charge is 0.450 e. The zero-order valence-electron chi connectivity index (χ0n) is 16.4. The highest BCUT2D eigenvalue weighted by Gasteiger charge is 2.15. The fourth-order valence-electron chi connectivity index (χ4n) is 2.72. The summed E-state index contributed by atoms with van der Waals surface area (Å²) in [6.45, 7) is 7.38. The lowest BCUT2D eigenvalue weighted by molar-refractivity contribution is 0.146. The van der Waals surface area contributed by atoms with Crippen LogP contribution in [0.25, 0.3) is 5.65 Å². The van der Waals surface area contributed by atoms with Crippen molar-refractivity contribution >= 4 is 17.7 Å². The maximum atomic E-state index is 11.7. The second kappa shape index (κ2) is 10.3. The summed E-state index contributed by atoms with van der Waals surface area (Å²) in [4.78, 5) is 16.0. The molecule has 148 valence electrons. The summed E-state index contributed by atoms with van der Waals surface area (Å²) >= 11 is 0. The van der Waals surface area contributed by atoms with Crippen molar-refractivity contribution in [2.75, 3.05) is 20.2 Å². The van der Waals surface area contributed by atoms with E-state index in [2.05, 4.69) is 45.0 Å². The highest BCUT2D eigenvalue weighted by Crippen LogP contribution is 2.05. The monoisotopic (exact) mass is 375 g/mol. The standard InChI is InChI=1S/C18H29N7O2/c1-5-27-18(26)22-14(10-13(2)3)11-20-17(19-4)21-12-16-24-23-15-8-6-7-9-25(15)16/h6-9,13-14H,5,10-12H2,1-4H3,(H,22,26)(H2,19,20,21). The minimum atomic E-state index is -0.400. The average molecular weight is 375 g/mol. The third kappa shape index (κ3) is 6.43. The van der Waals surface area contributed by atoms with Crippen molar-refractivity contribution in [1.29, 1.82) is 0 Å². The molecule has 1 atom stereocenters. The van der Waals surface area contributed by atoms with E-state index in [1.54, 1.807) is 14.0 Å². The van der Waals surface area contributed by atoms with Crippen LogP contribution >= 0.6 is 0 Å². The number of guanidine groups is 1. The molecular weight excluding hydrogens is 346 g/mol. The molecule has 0 spiro atoms. The van der Waals surface area contributed by atoms with E-state index in [1.807, 2.05) is 28.8 Å². The molecule has 0 aliphatic carbocycles. The molecule has 9 nitrogen and oxygen atoms in total. The number of nitrogens with zero attached hydrogens (tertiary/aromatic N) is 4. The molecule has 2 heterocycles. The normalized spacial score (nSPS) is 12.9. The molecular formula is C18H29N7O2. The van der Waals surface area contributed by atoms with Gasteiger partial charge in [0.05, 0.1) is 13.2 Å². The molecule has 1 amide bonds. The molecule has 2 aromatic rings. The van der Waals surface area contributed by atoms with E-state index in [0.717, 1.165) is 17.9 Å². The number of alkyl carbamates (subject to hydrolysis) is 1. The third-order valence-electron chi connectivity index (χ3n) is 3.89. The summed E-state index contributed by atoms with van der Waals surface area (Å²) in [5.74, 6) is 1.86. The summed E-state index contributed by atoms with van der Waals surface area (Å²) < 4.78 is 6.90. The summed E-state index contributed by atoms with van der Waals surface area (Å²) in [6.07, 6.45) is 2.35. The van der Waals surface area contributed by atoms with Gasteiger partial charge in [0, 0.05) is 25.8 Å². The number of hydrogen-bond acceptors (Lipinski definition) is 5. The number of fused-ring (bicyclic) bond motifs is 1. The Morgan fingerprint density at radius 3 is 2.81 bits per heavy atom. The van der Waals surface area contributed by atoms with Crippen LogP contribution in [-0.4, -0.2) is 52.9 Å². The minimum Gasteiger partial charge on any atom is -0.450 e. The van der Waals surface area contributed by atoms with Crippen molar-refractivity contribution in [1.82, 2.24) is 30.5 Å². The topological polar surface area (TPSA) is 105 Å². The quantitative estimate of drug-likeness (QED) is 0.478. The van der Waals surface area contributed by atoms with Crippen LogP contribution in [0.3, 0.4) is 0 Å². The maximum absolute atomic E-state index is 11.7. The van der Waals surface area contributed by atoms with E-state index >= 15 is 0 Å². The van der Waals surface area contributed by atoms with Crippen LogP contribution < -0.4 is 16.0 Å². The molecule has 0 aromatic carbocycles. The van der Waals surface area contributed by atoms with Crippen molar-refractivity contribution < 1.29 is 9.53 Å². The van der Waals surface area contributed by atoms with Gasteiger partial charge in [0.25, 0.3) is 0 Å². The molecule has 3 N–H and O–H groups in total. The number of ether oxygens (including phenoxy) is 1. The lowest BCUT2D eigenvalue weighted by Crippen LogP contribution is -2.47. The number of aromatic nitrogens is 3. The first-order valence-corrected chi connectivity index (χ1v) is 9.19. The Bertz CT molecular complexity index is 757. The molecule has 0 saturated carbocycles. The highest BCUT2D eigenvalue weighted by molar-refractivity contribution is 5.79. The van der Waals surface area contributed by atoms with Crippen molar-refractivity contribution in [3.8, 4) is 0 Å². The Morgan fingerprint density at radius 1 is 1.30 bits per heavy atom. The van der Waals surface area contributed by atoms with Crippen molar-refractivity contribution in [2.45, 2.75) is 39.8 Å². The first-order valence-electron chi connectivity index (χ1n) is 9.19. The first-order chi connectivity index (χ1) is 13.0. The smallest absolute Gasteiger partial charge is 0.407 e. The van der Waals surface area contributed by atoms with E-state index in [4.69, 9.17) is 4.74 Å². The molecule has 0 saturated heterocycles. The van der Waals surface area contributed by atoms with Crippen LogP contribution in [0.5, 0.6) is 0 Å². The zero-order chi connectivity index (χ0) is 19.6. The molecule has 0 radical (unpaired) electrons. The Kier molecular flexibility index (Phi) is 7.84. The Balaban J connectivity index is 1.89. The second-order valence-corrected chi connectivity index (χ2v) is 6.54.